The van der Waals surface area contributed by atoms with E-state index in [1.807, 2.05) is 24.3 Å². The third kappa shape index (κ3) is 2.14. The van der Waals surface area contributed by atoms with Crippen molar-refractivity contribution in [3.05, 3.63) is 57.3 Å². The molecule has 2 heterocycles. The zero-order chi connectivity index (χ0) is 14.1. The Morgan fingerprint density at radius 2 is 1.90 bits per heavy atom. The highest BCUT2D eigenvalue weighted by molar-refractivity contribution is 9.10. The summed E-state index contributed by atoms with van der Waals surface area (Å²) in [5.41, 5.74) is 8.80. The van der Waals surface area contributed by atoms with Crippen LogP contribution in [0.4, 0.5) is 5.82 Å². The van der Waals surface area contributed by atoms with Crippen LogP contribution in [0.25, 0.3) is 22.5 Å². The van der Waals surface area contributed by atoms with E-state index in [1.54, 1.807) is 12.1 Å². The van der Waals surface area contributed by atoms with E-state index in [1.165, 1.54) is 6.07 Å². The third-order valence-corrected chi connectivity index (χ3v) is 3.67. The van der Waals surface area contributed by atoms with Gasteiger partial charge in [-0.3, -0.25) is 9.89 Å². The van der Waals surface area contributed by atoms with Crippen molar-refractivity contribution in [2.24, 2.45) is 0 Å². The molecule has 0 bridgehead atoms. The zero-order valence-electron chi connectivity index (χ0n) is 10.4. The van der Waals surface area contributed by atoms with Crippen molar-refractivity contribution >= 4 is 21.7 Å². The van der Waals surface area contributed by atoms with Gasteiger partial charge in [-0.2, -0.15) is 5.10 Å². The molecule has 3 aromatic rings. The maximum absolute atomic E-state index is 11.5. The summed E-state index contributed by atoms with van der Waals surface area (Å²) in [7, 11) is 0. The zero-order valence-corrected chi connectivity index (χ0v) is 11.9. The minimum atomic E-state index is -0.172. The molecule has 4 N–H and O–H groups in total. The Hall–Kier alpha value is -2.34. The number of anilines is 1. The highest BCUT2D eigenvalue weighted by Crippen LogP contribution is 2.37. The van der Waals surface area contributed by atoms with Crippen molar-refractivity contribution in [2.75, 3.05) is 5.73 Å². The number of nitrogen functional groups attached to an aromatic ring is 1. The molecule has 0 aliphatic carbocycles. The van der Waals surface area contributed by atoms with Crippen LogP contribution in [0.15, 0.2) is 51.7 Å². The second-order valence-corrected chi connectivity index (χ2v) is 5.12. The number of pyridine rings is 1. The molecule has 0 saturated heterocycles. The van der Waals surface area contributed by atoms with Crippen molar-refractivity contribution in [1.82, 2.24) is 15.2 Å². The fraction of sp³-hybridized carbons (Fsp3) is 0. The van der Waals surface area contributed by atoms with Gasteiger partial charge in [-0.25, -0.2) is 0 Å². The lowest BCUT2D eigenvalue weighted by Crippen LogP contribution is -2.04. The fourth-order valence-electron chi connectivity index (χ4n) is 2.08. The molecule has 20 heavy (non-hydrogen) atoms. The predicted molar refractivity (Wildman–Crippen MR) is 82.2 cm³/mol. The van der Waals surface area contributed by atoms with Crippen molar-refractivity contribution < 1.29 is 0 Å². The largest absolute Gasteiger partial charge is 0.382 e. The molecule has 100 valence electrons. The van der Waals surface area contributed by atoms with Crippen LogP contribution >= 0.6 is 15.9 Å². The molecule has 0 aliphatic rings. The lowest BCUT2D eigenvalue weighted by Gasteiger charge is -2.06. The van der Waals surface area contributed by atoms with Crippen LogP contribution in [0.5, 0.6) is 0 Å². The van der Waals surface area contributed by atoms with Crippen LogP contribution in [-0.2, 0) is 0 Å². The molecule has 3 rings (SSSR count). The minimum Gasteiger partial charge on any atom is -0.382 e. The van der Waals surface area contributed by atoms with E-state index in [2.05, 4.69) is 31.1 Å². The summed E-state index contributed by atoms with van der Waals surface area (Å²) >= 11 is 3.50. The van der Waals surface area contributed by atoms with Gasteiger partial charge in [0.2, 0.25) is 5.56 Å². The second kappa shape index (κ2) is 4.97. The molecule has 0 fully saturated rings. The van der Waals surface area contributed by atoms with Gasteiger partial charge in [0.1, 0.15) is 0 Å². The van der Waals surface area contributed by atoms with Gasteiger partial charge in [0.05, 0.1) is 17.0 Å². The Labute approximate surface area is 123 Å². The second-order valence-electron chi connectivity index (χ2n) is 4.27. The van der Waals surface area contributed by atoms with Gasteiger partial charge in [-0.1, -0.05) is 40.2 Å². The van der Waals surface area contributed by atoms with E-state index in [-0.39, 0.29) is 5.56 Å². The van der Waals surface area contributed by atoms with Gasteiger partial charge in [0.25, 0.3) is 0 Å². The Morgan fingerprint density at radius 1 is 1.10 bits per heavy atom. The average molecular weight is 331 g/mol. The Morgan fingerprint density at radius 3 is 2.65 bits per heavy atom. The maximum Gasteiger partial charge on any atom is 0.248 e. The highest BCUT2D eigenvalue weighted by Gasteiger charge is 2.17. The van der Waals surface area contributed by atoms with Crippen molar-refractivity contribution in [2.45, 2.75) is 0 Å². The quantitative estimate of drug-likeness (QED) is 0.675. The van der Waals surface area contributed by atoms with Crippen molar-refractivity contribution in [3.63, 3.8) is 0 Å². The Kier molecular flexibility index (Phi) is 3.15. The first-order valence-electron chi connectivity index (χ1n) is 5.95. The molecule has 2 aromatic heterocycles. The number of benzene rings is 1. The van der Waals surface area contributed by atoms with E-state index in [0.717, 1.165) is 15.6 Å². The average Bonchev–Trinajstić information content (AvgIpc) is 2.81. The number of hydrogen-bond acceptors (Lipinski definition) is 3. The summed E-state index contributed by atoms with van der Waals surface area (Å²) < 4.78 is 0.910. The number of H-pyrrole nitrogens is 2. The molecule has 0 amide bonds. The van der Waals surface area contributed by atoms with Crippen LogP contribution in [0.2, 0.25) is 0 Å². The molecule has 5 nitrogen and oxygen atoms in total. The fourth-order valence-corrected chi connectivity index (χ4v) is 2.56. The first-order valence-corrected chi connectivity index (χ1v) is 6.74. The standard InChI is InChI=1S/C14H11BrN4O/c15-9-5-2-1-4-8(9)12-13(18-19-14(12)16)10-6-3-7-11(20)17-10/h1-7H,(H,17,20)(H3,16,18,19). The molecular weight excluding hydrogens is 320 g/mol. The summed E-state index contributed by atoms with van der Waals surface area (Å²) in [6.45, 7) is 0. The van der Waals surface area contributed by atoms with Crippen LogP contribution in [0, 0.1) is 0 Å². The molecule has 0 unspecified atom stereocenters. The highest BCUT2D eigenvalue weighted by atomic mass is 79.9. The molecule has 0 spiro atoms. The van der Waals surface area contributed by atoms with Crippen molar-refractivity contribution in [1.29, 1.82) is 0 Å². The summed E-state index contributed by atoms with van der Waals surface area (Å²) in [5.74, 6) is 0.386. The number of nitrogens with two attached hydrogens (primary N) is 1. The lowest BCUT2D eigenvalue weighted by molar-refractivity contribution is 1.09. The van der Waals surface area contributed by atoms with E-state index >= 15 is 0 Å². The molecule has 0 radical (unpaired) electrons. The van der Waals surface area contributed by atoms with Crippen LogP contribution in [0.3, 0.4) is 0 Å². The molecule has 0 atom stereocenters. The van der Waals surface area contributed by atoms with E-state index < -0.39 is 0 Å². The molecule has 0 aliphatic heterocycles. The van der Waals surface area contributed by atoms with Gasteiger partial charge >= 0.3 is 0 Å². The SMILES string of the molecule is Nc1n[nH]c(-c2cccc(=O)[nH]2)c1-c1ccccc1Br. The van der Waals surface area contributed by atoms with Gasteiger partial charge in [-0.05, 0) is 12.1 Å². The number of aromatic amines is 2. The molecule has 6 heteroatoms. The van der Waals surface area contributed by atoms with Gasteiger partial charge in [0.15, 0.2) is 5.82 Å². The van der Waals surface area contributed by atoms with Gasteiger partial charge in [-0.15, -0.1) is 0 Å². The minimum absolute atomic E-state index is 0.172. The Balaban J connectivity index is 2.26. The summed E-state index contributed by atoms with van der Waals surface area (Å²) in [5, 5.41) is 6.93. The first-order chi connectivity index (χ1) is 9.66. The maximum atomic E-state index is 11.5. The van der Waals surface area contributed by atoms with E-state index in [9.17, 15) is 4.79 Å². The summed E-state index contributed by atoms with van der Waals surface area (Å²) in [4.78, 5) is 14.2. The van der Waals surface area contributed by atoms with E-state index in [0.29, 0.717) is 17.2 Å². The number of hydrogen-bond donors (Lipinski definition) is 3. The van der Waals surface area contributed by atoms with Crippen LogP contribution in [-0.4, -0.2) is 15.2 Å². The van der Waals surface area contributed by atoms with Crippen LogP contribution in [0.1, 0.15) is 0 Å². The molecule has 0 saturated carbocycles. The summed E-state index contributed by atoms with van der Waals surface area (Å²) in [6, 6.07) is 12.7. The summed E-state index contributed by atoms with van der Waals surface area (Å²) in [6.07, 6.45) is 0. The number of aromatic nitrogens is 3. The normalized spacial score (nSPS) is 10.7. The smallest absolute Gasteiger partial charge is 0.248 e. The lowest BCUT2D eigenvalue weighted by atomic mass is 10.0. The number of rotatable bonds is 2. The number of nitrogens with one attached hydrogen (secondary N) is 2. The van der Waals surface area contributed by atoms with Gasteiger partial charge in [0, 0.05) is 16.1 Å². The monoisotopic (exact) mass is 330 g/mol. The van der Waals surface area contributed by atoms with Crippen molar-refractivity contribution in [3.8, 4) is 22.5 Å². The predicted octanol–water partition coefficient (Wildman–Crippen LogP) is 2.78. The Bertz CT molecular complexity index is 822. The van der Waals surface area contributed by atoms with Crippen LogP contribution < -0.4 is 11.3 Å². The number of halogens is 1. The first kappa shape index (κ1) is 12.7. The molecule has 1 aromatic carbocycles. The topological polar surface area (TPSA) is 87.6 Å². The van der Waals surface area contributed by atoms with Gasteiger partial charge < -0.3 is 10.7 Å². The van der Waals surface area contributed by atoms with E-state index in [4.69, 9.17) is 5.73 Å². The third-order valence-electron chi connectivity index (χ3n) is 2.98. The number of nitrogens with zero attached hydrogens (tertiary/aromatic N) is 1. The molecular formula is C14H11BrN4O.